The van der Waals surface area contributed by atoms with Crippen LogP contribution in [0.15, 0.2) is 45.4 Å². The van der Waals surface area contributed by atoms with Gasteiger partial charge < -0.3 is 9.63 Å². The van der Waals surface area contributed by atoms with Crippen LogP contribution in [0.2, 0.25) is 0 Å². The molecule has 0 spiro atoms. The molecule has 2 aromatic carbocycles. The summed E-state index contributed by atoms with van der Waals surface area (Å²) in [5.41, 5.74) is 1.89. The van der Waals surface area contributed by atoms with Crippen LogP contribution in [0, 0.1) is 12.7 Å². The quantitative estimate of drug-likeness (QED) is 0.749. The van der Waals surface area contributed by atoms with Gasteiger partial charge in [-0.25, -0.2) is 4.39 Å². The predicted octanol–water partition coefficient (Wildman–Crippen LogP) is 4.32. The van der Waals surface area contributed by atoms with Crippen molar-refractivity contribution in [2.45, 2.75) is 6.92 Å². The molecule has 0 atom stereocenters. The number of aromatic nitrogens is 2. The summed E-state index contributed by atoms with van der Waals surface area (Å²) in [5, 5.41) is 13.7. The third kappa shape index (κ3) is 2.80. The highest BCUT2D eigenvalue weighted by Crippen LogP contribution is 2.30. The summed E-state index contributed by atoms with van der Waals surface area (Å²) >= 11 is 3.22. The fourth-order valence-electron chi connectivity index (χ4n) is 1.95. The number of halogens is 2. The molecule has 1 N–H and O–H groups in total. The van der Waals surface area contributed by atoms with E-state index in [1.807, 2.05) is 6.92 Å². The lowest BCUT2D eigenvalue weighted by Gasteiger charge is -2.00. The zero-order valence-corrected chi connectivity index (χ0v) is 12.6. The van der Waals surface area contributed by atoms with Crippen LogP contribution in [0.4, 0.5) is 4.39 Å². The number of hydrogen-bond donors (Lipinski definition) is 1. The van der Waals surface area contributed by atoms with E-state index in [2.05, 4.69) is 26.1 Å². The maximum Gasteiger partial charge on any atom is 0.262 e. The van der Waals surface area contributed by atoms with Gasteiger partial charge in [0.05, 0.1) is 5.56 Å². The molecule has 0 amide bonds. The third-order valence-corrected chi connectivity index (χ3v) is 3.39. The summed E-state index contributed by atoms with van der Waals surface area (Å²) < 4.78 is 19.2. The number of phenolic OH excluding ortho intramolecular Hbond substituents is 1. The molecular formula is C15H10BrFN2O2. The van der Waals surface area contributed by atoms with Gasteiger partial charge in [0, 0.05) is 10.0 Å². The van der Waals surface area contributed by atoms with Crippen LogP contribution in [0.3, 0.4) is 0 Å². The summed E-state index contributed by atoms with van der Waals surface area (Å²) in [6.45, 7) is 1.89. The third-order valence-electron chi connectivity index (χ3n) is 2.93. The SMILES string of the molecule is Cc1ccc(O)c(-c2nc(-c3cc(F)cc(Br)c3)no2)c1. The Hall–Kier alpha value is -2.21. The van der Waals surface area contributed by atoms with Crippen LogP contribution in [0.5, 0.6) is 5.75 Å². The molecule has 0 unspecified atom stereocenters. The zero-order chi connectivity index (χ0) is 15.0. The van der Waals surface area contributed by atoms with Crippen molar-refractivity contribution in [3.8, 4) is 28.6 Å². The van der Waals surface area contributed by atoms with Crippen molar-refractivity contribution >= 4 is 15.9 Å². The number of aryl methyl sites for hydroxylation is 1. The van der Waals surface area contributed by atoms with Crippen molar-refractivity contribution in [2.24, 2.45) is 0 Å². The van der Waals surface area contributed by atoms with Crippen molar-refractivity contribution in [1.82, 2.24) is 10.1 Å². The van der Waals surface area contributed by atoms with Crippen molar-refractivity contribution < 1.29 is 14.0 Å². The molecule has 0 aliphatic carbocycles. The van der Waals surface area contributed by atoms with E-state index in [-0.39, 0.29) is 17.5 Å². The van der Waals surface area contributed by atoms with Crippen LogP contribution < -0.4 is 0 Å². The Morgan fingerprint density at radius 2 is 2.00 bits per heavy atom. The highest BCUT2D eigenvalue weighted by atomic mass is 79.9. The molecule has 0 bridgehead atoms. The zero-order valence-electron chi connectivity index (χ0n) is 11.0. The molecular weight excluding hydrogens is 339 g/mol. The summed E-state index contributed by atoms with van der Waals surface area (Å²) in [6.07, 6.45) is 0. The molecule has 0 saturated heterocycles. The van der Waals surface area contributed by atoms with Gasteiger partial charge in [-0.2, -0.15) is 4.98 Å². The fourth-order valence-corrected chi connectivity index (χ4v) is 2.42. The van der Waals surface area contributed by atoms with E-state index in [0.29, 0.717) is 15.6 Å². The summed E-state index contributed by atoms with van der Waals surface area (Å²) in [4.78, 5) is 4.21. The second kappa shape index (κ2) is 5.29. The molecule has 0 aliphatic heterocycles. The normalized spacial score (nSPS) is 10.8. The summed E-state index contributed by atoms with van der Waals surface area (Å²) in [6, 6.07) is 9.43. The lowest BCUT2D eigenvalue weighted by atomic mass is 10.1. The van der Waals surface area contributed by atoms with E-state index in [1.54, 1.807) is 24.3 Å². The Morgan fingerprint density at radius 3 is 2.76 bits per heavy atom. The molecule has 4 nitrogen and oxygen atoms in total. The van der Waals surface area contributed by atoms with E-state index in [4.69, 9.17) is 4.52 Å². The van der Waals surface area contributed by atoms with Gasteiger partial charge in [0.25, 0.3) is 5.89 Å². The summed E-state index contributed by atoms with van der Waals surface area (Å²) in [7, 11) is 0. The van der Waals surface area contributed by atoms with Gasteiger partial charge in [-0.3, -0.25) is 0 Å². The molecule has 3 aromatic rings. The standard InChI is InChI=1S/C15H10BrFN2O2/c1-8-2-3-13(20)12(4-8)15-18-14(19-21-15)9-5-10(16)7-11(17)6-9/h2-7,20H,1H3. The largest absolute Gasteiger partial charge is 0.507 e. The van der Waals surface area contributed by atoms with Crippen LogP contribution in [-0.2, 0) is 0 Å². The first-order valence-electron chi connectivity index (χ1n) is 6.13. The van der Waals surface area contributed by atoms with Gasteiger partial charge in [-0.1, -0.05) is 32.7 Å². The Morgan fingerprint density at radius 1 is 1.19 bits per heavy atom. The second-order valence-electron chi connectivity index (χ2n) is 4.60. The predicted molar refractivity (Wildman–Crippen MR) is 79.2 cm³/mol. The molecule has 21 heavy (non-hydrogen) atoms. The van der Waals surface area contributed by atoms with Crippen LogP contribution in [0.1, 0.15) is 5.56 Å². The topological polar surface area (TPSA) is 59.2 Å². The molecule has 1 heterocycles. The average Bonchev–Trinajstić information content (AvgIpc) is 2.90. The van der Waals surface area contributed by atoms with Gasteiger partial charge in [-0.05, 0) is 37.3 Å². The van der Waals surface area contributed by atoms with E-state index in [1.165, 1.54) is 12.1 Å². The highest BCUT2D eigenvalue weighted by Gasteiger charge is 2.15. The maximum absolute atomic E-state index is 13.4. The van der Waals surface area contributed by atoms with Crippen molar-refractivity contribution in [3.05, 3.63) is 52.3 Å². The van der Waals surface area contributed by atoms with Crippen molar-refractivity contribution in [2.75, 3.05) is 0 Å². The first-order valence-corrected chi connectivity index (χ1v) is 6.92. The Balaban J connectivity index is 2.05. The molecule has 0 radical (unpaired) electrons. The second-order valence-corrected chi connectivity index (χ2v) is 5.52. The van der Waals surface area contributed by atoms with Crippen molar-refractivity contribution in [3.63, 3.8) is 0 Å². The van der Waals surface area contributed by atoms with Crippen LogP contribution in [0.25, 0.3) is 22.8 Å². The van der Waals surface area contributed by atoms with Gasteiger partial charge in [0.1, 0.15) is 11.6 Å². The molecule has 6 heteroatoms. The smallest absolute Gasteiger partial charge is 0.262 e. The van der Waals surface area contributed by atoms with E-state index < -0.39 is 5.82 Å². The number of nitrogens with zero attached hydrogens (tertiary/aromatic N) is 2. The van der Waals surface area contributed by atoms with Gasteiger partial charge in [0.15, 0.2) is 0 Å². The minimum atomic E-state index is -0.399. The highest BCUT2D eigenvalue weighted by molar-refractivity contribution is 9.10. The Labute approximate surface area is 128 Å². The number of benzene rings is 2. The molecule has 0 aliphatic rings. The Kier molecular flexibility index (Phi) is 3.47. The first kappa shape index (κ1) is 13.8. The monoisotopic (exact) mass is 348 g/mol. The summed E-state index contributed by atoms with van der Waals surface area (Å²) in [5.74, 6) is 0.0954. The van der Waals surface area contributed by atoms with E-state index >= 15 is 0 Å². The number of rotatable bonds is 2. The van der Waals surface area contributed by atoms with Crippen LogP contribution >= 0.6 is 15.9 Å². The lowest BCUT2D eigenvalue weighted by Crippen LogP contribution is -1.85. The minimum Gasteiger partial charge on any atom is -0.507 e. The molecule has 0 saturated carbocycles. The van der Waals surface area contributed by atoms with Gasteiger partial charge >= 0.3 is 0 Å². The Bertz CT molecular complexity index is 797. The van der Waals surface area contributed by atoms with E-state index in [9.17, 15) is 9.50 Å². The van der Waals surface area contributed by atoms with Gasteiger partial charge in [-0.15, -0.1) is 0 Å². The molecule has 0 fully saturated rings. The average molecular weight is 349 g/mol. The van der Waals surface area contributed by atoms with Gasteiger partial charge in [0.2, 0.25) is 5.82 Å². The maximum atomic E-state index is 13.4. The van der Waals surface area contributed by atoms with E-state index in [0.717, 1.165) is 5.56 Å². The van der Waals surface area contributed by atoms with Crippen molar-refractivity contribution in [1.29, 1.82) is 0 Å². The minimum absolute atomic E-state index is 0.0521. The molecule has 3 rings (SSSR count). The first-order chi connectivity index (χ1) is 10.0. The molecule has 1 aromatic heterocycles. The number of aromatic hydroxyl groups is 1. The fraction of sp³-hybridized carbons (Fsp3) is 0.0667. The van der Waals surface area contributed by atoms with Crippen LogP contribution in [-0.4, -0.2) is 15.2 Å². The number of phenols is 1. The molecule has 106 valence electrons. The lowest BCUT2D eigenvalue weighted by molar-refractivity contribution is 0.425. The number of hydrogen-bond acceptors (Lipinski definition) is 4.